The molecule has 2 atom stereocenters. The SMILES string of the molecule is COC(C(=O)Nc1cc(N(O)I=O)ccc1C)[C@H](N)CC1CCCCC1. The van der Waals surface area contributed by atoms with Crippen molar-refractivity contribution in [1.29, 1.82) is 0 Å². The van der Waals surface area contributed by atoms with Crippen molar-refractivity contribution in [3.05, 3.63) is 23.8 Å². The highest BCUT2D eigenvalue weighted by Gasteiger charge is 2.28. The number of carbonyl (C=O) groups is 1. The van der Waals surface area contributed by atoms with Crippen LogP contribution in [0.3, 0.4) is 0 Å². The number of carbonyl (C=O) groups excluding carboxylic acids is 1. The molecule has 1 aromatic carbocycles. The predicted octanol–water partition coefficient (Wildman–Crippen LogP) is 3.67. The fraction of sp³-hybridized carbons (Fsp3) is 0.611. The van der Waals surface area contributed by atoms with Gasteiger partial charge in [-0.1, -0.05) is 38.2 Å². The zero-order valence-electron chi connectivity index (χ0n) is 15.3. The number of amides is 1. The first kappa shape index (κ1) is 21.2. The molecule has 1 amide bonds. The van der Waals surface area contributed by atoms with Crippen molar-refractivity contribution >= 4 is 38.7 Å². The number of benzene rings is 1. The van der Waals surface area contributed by atoms with E-state index in [1.165, 1.54) is 26.4 Å². The number of nitrogens with two attached hydrogens (primary N) is 1. The van der Waals surface area contributed by atoms with Crippen molar-refractivity contribution in [2.45, 2.75) is 57.6 Å². The zero-order chi connectivity index (χ0) is 19.1. The van der Waals surface area contributed by atoms with Crippen LogP contribution in [0.5, 0.6) is 0 Å². The van der Waals surface area contributed by atoms with Crippen LogP contribution in [0.1, 0.15) is 44.1 Å². The monoisotopic (exact) mass is 477 g/mol. The molecule has 1 unspecified atom stereocenters. The molecule has 1 aromatic rings. The van der Waals surface area contributed by atoms with Crippen LogP contribution in [-0.4, -0.2) is 30.4 Å². The lowest BCUT2D eigenvalue weighted by atomic mass is 9.84. The van der Waals surface area contributed by atoms with Gasteiger partial charge in [-0.25, -0.2) is 3.07 Å². The Morgan fingerprint density at radius 2 is 2.12 bits per heavy atom. The predicted molar refractivity (Wildman–Crippen MR) is 109 cm³/mol. The van der Waals surface area contributed by atoms with Crippen LogP contribution in [0.15, 0.2) is 18.2 Å². The van der Waals surface area contributed by atoms with Crippen molar-refractivity contribution in [1.82, 2.24) is 0 Å². The van der Waals surface area contributed by atoms with Gasteiger partial charge in [0.05, 0.1) is 5.69 Å². The summed E-state index contributed by atoms with van der Waals surface area (Å²) in [6.07, 6.45) is 6.10. The maximum Gasteiger partial charge on any atom is 0.300 e. The Kier molecular flexibility index (Phi) is 8.39. The van der Waals surface area contributed by atoms with Gasteiger partial charge in [-0.3, -0.25) is 10.0 Å². The van der Waals surface area contributed by atoms with Gasteiger partial charge in [0, 0.05) is 18.8 Å². The molecule has 1 saturated carbocycles. The van der Waals surface area contributed by atoms with E-state index < -0.39 is 27.6 Å². The molecule has 146 valence electrons. The molecular weight excluding hydrogens is 449 g/mol. The van der Waals surface area contributed by atoms with Gasteiger partial charge in [-0.05, 0) is 37.0 Å². The van der Waals surface area contributed by atoms with Crippen LogP contribution in [-0.2, 0) is 12.6 Å². The fourth-order valence-corrected chi connectivity index (χ4v) is 4.04. The second-order valence-corrected chi connectivity index (χ2v) is 8.19. The van der Waals surface area contributed by atoms with Crippen LogP contribution in [0, 0.1) is 12.8 Å². The summed E-state index contributed by atoms with van der Waals surface area (Å²) >= 11 is -1.73. The zero-order valence-corrected chi connectivity index (χ0v) is 17.4. The standard InChI is InChI=1S/C18H28IN3O4/c1-12-8-9-14(22(25)19-24)11-16(12)21-18(23)17(26-2)15(20)10-13-6-4-3-5-7-13/h8-9,11,13,15,17,25H,3-7,10,20H2,1-2H3,(H,21,23)/t15-,17?/m1/s1. The van der Waals surface area contributed by atoms with Gasteiger partial charge in [-0.15, -0.1) is 0 Å². The molecule has 8 heteroatoms. The van der Waals surface area contributed by atoms with Crippen LogP contribution >= 0.6 is 21.5 Å². The second-order valence-electron chi connectivity index (χ2n) is 6.88. The molecule has 1 fully saturated rings. The van der Waals surface area contributed by atoms with E-state index >= 15 is 0 Å². The molecule has 7 nitrogen and oxygen atoms in total. The lowest BCUT2D eigenvalue weighted by Crippen LogP contribution is -2.46. The van der Waals surface area contributed by atoms with Gasteiger partial charge in [0.1, 0.15) is 0 Å². The molecule has 1 aliphatic rings. The number of hydrogen-bond donors (Lipinski definition) is 3. The van der Waals surface area contributed by atoms with E-state index in [1.54, 1.807) is 18.2 Å². The van der Waals surface area contributed by atoms with Gasteiger partial charge >= 0.3 is 0 Å². The molecular formula is C18H28IN3O4. The second kappa shape index (κ2) is 10.3. The van der Waals surface area contributed by atoms with Gasteiger partial charge < -0.3 is 15.8 Å². The first-order valence-electron chi connectivity index (χ1n) is 8.92. The summed E-state index contributed by atoms with van der Waals surface area (Å²) in [5, 5.41) is 12.4. The van der Waals surface area contributed by atoms with Crippen molar-refractivity contribution in [3.63, 3.8) is 0 Å². The fourth-order valence-electron chi connectivity index (χ4n) is 3.51. The molecule has 0 heterocycles. The van der Waals surface area contributed by atoms with E-state index in [9.17, 15) is 13.1 Å². The molecule has 1 aliphatic carbocycles. The largest absolute Gasteiger partial charge is 0.370 e. The van der Waals surface area contributed by atoms with Crippen LogP contribution < -0.4 is 14.3 Å². The Balaban J connectivity index is 2.04. The van der Waals surface area contributed by atoms with E-state index in [1.807, 2.05) is 6.92 Å². The highest BCUT2D eigenvalue weighted by atomic mass is 127. The number of nitrogens with one attached hydrogen (secondary N) is 1. The maximum absolute atomic E-state index is 12.7. The maximum atomic E-state index is 12.7. The Labute approximate surface area is 165 Å². The summed E-state index contributed by atoms with van der Waals surface area (Å²) < 4.78 is 17.0. The first-order valence-corrected chi connectivity index (χ1v) is 10.8. The third kappa shape index (κ3) is 5.70. The van der Waals surface area contributed by atoms with Crippen molar-refractivity contribution in [2.75, 3.05) is 15.7 Å². The average Bonchev–Trinajstić information content (AvgIpc) is 2.64. The van der Waals surface area contributed by atoms with Crippen molar-refractivity contribution in [3.8, 4) is 0 Å². The summed E-state index contributed by atoms with van der Waals surface area (Å²) in [5.41, 5.74) is 8.02. The molecule has 0 spiro atoms. The van der Waals surface area contributed by atoms with Crippen LogP contribution in [0.25, 0.3) is 0 Å². The Morgan fingerprint density at radius 1 is 1.42 bits per heavy atom. The minimum atomic E-state index is -1.73. The van der Waals surface area contributed by atoms with E-state index in [4.69, 9.17) is 10.5 Å². The molecule has 0 radical (unpaired) electrons. The summed E-state index contributed by atoms with van der Waals surface area (Å²) in [6, 6.07) is 4.61. The molecule has 0 bridgehead atoms. The van der Waals surface area contributed by atoms with E-state index in [0.717, 1.165) is 24.8 Å². The smallest absolute Gasteiger partial charge is 0.300 e. The van der Waals surface area contributed by atoms with Crippen LogP contribution in [0.2, 0.25) is 0 Å². The molecule has 26 heavy (non-hydrogen) atoms. The highest BCUT2D eigenvalue weighted by molar-refractivity contribution is 14.1. The molecule has 4 N–H and O–H groups in total. The van der Waals surface area contributed by atoms with E-state index in [0.29, 0.717) is 20.6 Å². The summed E-state index contributed by atoms with van der Waals surface area (Å²) in [7, 11) is 1.49. The number of rotatable bonds is 8. The number of anilines is 2. The van der Waals surface area contributed by atoms with Gasteiger partial charge in [-0.2, -0.15) is 3.28 Å². The summed E-state index contributed by atoms with van der Waals surface area (Å²) in [6.45, 7) is 1.84. The van der Waals surface area contributed by atoms with Gasteiger partial charge in [0.25, 0.3) is 27.4 Å². The number of halogens is 1. The Bertz CT molecular complexity index is 622. The van der Waals surface area contributed by atoms with Crippen LogP contribution in [0.4, 0.5) is 11.4 Å². The molecule has 0 aromatic heterocycles. The number of hydrogen-bond acceptors (Lipinski definition) is 5. The van der Waals surface area contributed by atoms with Crippen molar-refractivity contribution < 1.29 is 17.8 Å². The first-order chi connectivity index (χ1) is 12.5. The minimum Gasteiger partial charge on any atom is -0.370 e. The highest BCUT2D eigenvalue weighted by Crippen LogP contribution is 2.29. The molecule has 2 rings (SSSR count). The lowest BCUT2D eigenvalue weighted by molar-refractivity contribution is -0.127. The normalized spacial score (nSPS) is 17.5. The van der Waals surface area contributed by atoms with Gasteiger partial charge in [0.15, 0.2) is 6.10 Å². The summed E-state index contributed by atoms with van der Waals surface area (Å²) in [5.74, 6) is 0.246. The topological polar surface area (TPSA) is 105 Å². The number of methoxy groups -OCH3 is 1. The van der Waals surface area contributed by atoms with E-state index in [-0.39, 0.29) is 11.9 Å². The molecule has 0 saturated heterocycles. The minimum absolute atomic E-state index is 0.308. The van der Waals surface area contributed by atoms with Gasteiger partial charge in [0.2, 0.25) is 0 Å². The van der Waals surface area contributed by atoms with Crippen molar-refractivity contribution in [2.24, 2.45) is 11.7 Å². The number of ether oxygens (including phenoxy) is 1. The van der Waals surface area contributed by atoms with E-state index in [2.05, 4.69) is 5.32 Å². The summed E-state index contributed by atoms with van der Waals surface area (Å²) in [4.78, 5) is 12.7. The average molecular weight is 477 g/mol. The lowest BCUT2D eigenvalue weighted by Gasteiger charge is -2.28. The quantitative estimate of drug-likeness (QED) is 0.300. The molecule has 0 aliphatic heterocycles. The Morgan fingerprint density at radius 3 is 2.73 bits per heavy atom. The number of aryl methyl sites for hydroxylation is 1. The Hall–Kier alpha value is -1.10. The number of nitrogens with zero attached hydrogens (tertiary/aromatic N) is 1. The third-order valence-corrected chi connectivity index (χ3v) is 5.92. The third-order valence-electron chi connectivity index (χ3n) is 4.99.